The molecule has 0 aromatic rings. The molecule has 61 heavy (non-hydrogen) atoms. The molecule has 0 radical (unpaired) electrons. The smallest absolute Gasteiger partial charge is 0.305 e. The minimum atomic E-state index is -4.51. The van der Waals surface area contributed by atoms with Crippen molar-refractivity contribution in [2.24, 2.45) is 0 Å². The summed E-state index contributed by atoms with van der Waals surface area (Å²) in [7, 11) is 1.24. The Bertz CT molecular complexity index is 1340. The van der Waals surface area contributed by atoms with Crippen LogP contribution in [0.4, 0.5) is 0 Å². The predicted molar refractivity (Wildman–Crippen MR) is 258 cm³/mol. The molecule has 0 saturated heterocycles. The molecule has 2 atom stereocenters. The van der Waals surface area contributed by atoms with E-state index in [1.165, 1.54) is 70.6 Å². The lowest BCUT2D eigenvalue weighted by Gasteiger charge is -2.27. The lowest BCUT2D eigenvalue weighted by Crippen LogP contribution is -2.37. The molecule has 8 nitrogen and oxygen atoms in total. The van der Waals surface area contributed by atoms with Gasteiger partial charge in [-0.15, -0.1) is 0 Å². The van der Waals surface area contributed by atoms with Crippen molar-refractivity contribution in [3.63, 3.8) is 0 Å². The number of esters is 1. The van der Waals surface area contributed by atoms with Gasteiger partial charge in [-0.05, 0) is 77.0 Å². The highest BCUT2D eigenvalue weighted by molar-refractivity contribution is 7.45. The molecule has 0 aliphatic heterocycles. The van der Waals surface area contributed by atoms with E-state index >= 15 is 0 Å². The van der Waals surface area contributed by atoms with E-state index < -0.39 is 26.5 Å². The maximum atomic E-state index is 12.0. The van der Waals surface area contributed by atoms with Gasteiger partial charge in [0.15, 0.2) is 0 Å². The molecule has 0 aromatic heterocycles. The Morgan fingerprint density at radius 1 is 0.525 bits per heavy atom. The quantitative estimate of drug-likeness (QED) is 0.0214. The van der Waals surface area contributed by atoms with E-state index in [-0.39, 0.29) is 13.2 Å². The summed E-state index contributed by atoms with van der Waals surface area (Å²) in [5.74, 6) is -0.392. The number of nitrogens with zero attached hydrogens (tertiary/aromatic N) is 1. The van der Waals surface area contributed by atoms with Crippen molar-refractivity contribution < 1.29 is 37.6 Å². The summed E-state index contributed by atoms with van der Waals surface area (Å²) in [6, 6.07) is 0. The number of carbonyl (C=O) groups is 1. The molecular weight excluding hydrogens is 782 g/mol. The van der Waals surface area contributed by atoms with Crippen LogP contribution in [0.5, 0.6) is 0 Å². The molecule has 0 fully saturated rings. The first-order valence-electron chi connectivity index (χ1n) is 23.6. The second kappa shape index (κ2) is 43.8. The van der Waals surface area contributed by atoms with E-state index in [4.69, 9.17) is 13.8 Å². The molecule has 348 valence electrons. The summed E-state index contributed by atoms with van der Waals surface area (Å²) in [4.78, 5) is 23.7. The summed E-state index contributed by atoms with van der Waals surface area (Å²) >= 11 is 0. The third-order valence-corrected chi connectivity index (χ3v) is 10.5. The summed E-state index contributed by atoms with van der Waals surface area (Å²) < 4.78 is 26.9. The minimum absolute atomic E-state index is 0.0121. The zero-order chi connectivity index (χ0) is 44.8. The topological polar surface area (TPSA) is 105 Å². The van der Waals surface area contributed by atoms with Crippen LogP contribution in [-0.2, 0) is 23.1 Å². The molecule has 0 aliphatic carbocycles. The molecule has 0 aliphatic rings. The number of hydrogen-bond donors (Lipinski definition) is 1. The van der Waals surface area contributed by atoms with Crippen LogP contribution in [0, 0.1) is 0 Å². The van der Waals surface area contributed by atoms with E-state index in [0.717, 1.165) is 77.0 Å². The van der Waals surface area contributed by atoms with Crippen molar-refractivity contribution in [3.05, 3.63) is 109 Å². The second-order valence-electron chi connectivity index (χ2n) is 16.6. The summed E-state index contributed by atoms with van der Waals surface area (Å²) in [5.41, 5.74) is 0. The predicted octanol–water partition coefficient (Wildman–Crippen LogP) is 13.5. The number of phosphoric acid groups is 1. The van der Waals surface area contributed by atoms with E-state index in [9.17, 15) is 19.4 Å². The second-order valence-corrected chi connectivity index (χ2v) is 18.0. The number of unbranched alkanes of at least 4 members (excludes halogenated alkanes) is 13. The number of ether oxygens (including phenoxy) is 1. The van der Waals surface area contributed by atoms with Gasteiger partial charge in [-0.25, -0.2) is 0 Å². The average Bonchev–Trinajstić information content (AvgIpc) is 3.22. The molecule has 0 amide bonds. The SMILES string of the molecule is CC/C=C\C/C=C\C/C=C\C/C=C\C/C=C\C/C=C\C/C=C\C/C=C\C/C=C\CCCCCCCCCCCCCCCC(=O)OCC(O)COP(=O)([O-])OCC[N+](C)(C)C. The van der Waals surface area contributed by atoms with Crippen LogP contribution in [0.3, 0.4) is 0 Å². The van der Waals surface area contributed by atoms with Gasteiger partial charge in [0.2, 0.25) is 0 Å². The zero-order valence-electron chi connectivity index (χ0n) is 39.1. The highest BCUT2D eigenvalue weighted by Gasteiger charge is 2.16. The Kier molecular flexibility index (Phi) is 41.8. The van der Waals surface area contributed by atoms with Crippen molar-refractivity contribution in [1.82, 2.24) is 0 Å². The van der Waals surface area contributed by atoms with E-state index in [1.54, 1.807) is 0 Å². The number of aliphatic hydroxyl groups excluding tert-OH is 1. The lowest BCUT2D eigenvalue weighted by atomic mass is 10.0. The van der Waals surface area contributed by atoms with Gasteiger partial charge in [0, 0.05) is 6.42 Å². The van der Waals surface area contributed by atoms with Crippen molar-refractivity contribution >= 4 is 13.8 Å². The third kappa shape index (κ3) is 49.7. The Hall–Kier alpha value is -2.84. The number of aliphatic hydroxyl groups is 1. The molecule has 9 heteroatoms. The van der Waals surface area contributed by atoms with Crippen LogP contribution >= 0.6 is 7.82 Å². The maximum absolute atomic E-state index is 12.0. The first-order valence-corrected chi connectivity index (χ1v) is 25.1. The number of quaternary nitrogens is 1. The molecule has 0 spiro atoms. The van der Waals surface area contributed by atoms with E-state index in [0.29, 0.717) is 17.4 Å². The van der Waals surface area contributed by atoms with Crippen LogP contribution in [-0.4, -0.2) is 69.2 Å². The number of allylic oxidation sites excluding steroid dienone is 18. The summed E-state index contributed by atoms with van der Waals surface area (Å²) in [6.07, 6.45) is 65.6. The van der Waals surface area contributed by atoms with E-state index in [2.05, 4.69) is 116 Å². The Morgan fingerprint density at radius 2 is 0.869 bits per heavy atom. The highest BCUT2D eigenvalue weighted by Crippen LogP contribution is 2.38. The molecule has 0 heterocycles. The van der Waals surface area contributed by atoms with Crippen molar-refractivity contribution in [2.45, 2.75) is 167 Å². The largest absolute Gasteiger partial charge is 0.756 e. The normalized spacial score (nSPS) is 14.7. The monoisotopic (exact) mass is 870 g/mol. The van der Waals surface area contributed by atoms with Crippen LogP contribution in [0.1, 0.15) is 161 Å². The first-order chi connectivity index (χ1) is 29.6. The fraction of sp³-hybridized carbons (Fsp3) is 0.635. The van der Waals surface area contributed by atoms with Crippen molar-refractivity contribution in [1.29, 1.82) is 0 Å². The van der Waals surface area contributed by atoms with Crippen LogP contribution in [0.15, 0.2) is 109 Å². The van der Waals surface area contributed by atoms with Gasteiger partial charge in [0.25, 0.3) is 7.82 Å². The lowest BCUT2D eigenvalue weighted by molar-refractivity contribution is -0.870. The number of rotatable bonds is 42. The highest BCUT2D eigenvalue weighted by atomic mass is 31.2. The Labute approximate surface area is 374 Å². The fourth-order valence-electron chi connectivity index (χ4n) is 5.88. The number of carbonyl (C=O) groups excluding carboxylic acids is 1. The number of hydrogen-bond acceptors (Lipinski definition) is 7. The van der Waals surface area contributed by atoms with Crippen LogP contribution < -0.4 is 4.89 Å². The average molecular weight is 870 g/mol. The molecule has 1 N–H and O–H groups in total. The number of phosphoric ester groups is 1. The van der Waals surface area contributed by atoms with Gasteiger partial charge in [-0.3, -0.25) is 9.36 Å². The van der Waals surface area contributed by atoms with Crippen molar-refractivity contribution in [3.8, 4) is 0 Å². The molecule has 0 bridgehead atoms. The fourth-order valence-corrected chi connectivity index (χ4v) is 6.61. The van der Waals surface area contributed by atoms with Crippen LogP contribution in [0.25, 0.3) is 0 Å². The van der Waals surface area contributed by atoms with Gasteiger partial charge in [0.1, 0.15) is 25.9 Å². The van der Waals surface area contributed by atoms with E-state index in [1.807, 2.05) is 21.1 Å². The van der Waals surface area contributed by atoms with Gasteiger partial charge >= 0.3 is 5.97 Å². The first kappa shape index (κ1) is 58.2. The minimum Gasteiger partial charge on any atom is -0.756 e. The summed E-state index contributed by atoms with van der Waals surface area (Å²) in [5, 5.41) is 9.90. The maximum Gasteiger partial charge on any atom is 0.305 e. The van der Waals surface area contributed by atoms with Crippen LogP contribution in [0.2, 0.25) is 0 Å². The van der Waals surface area contributed by atoms with Crippen molar-refractivity contribution in [2.75, 3.05) is 47.5 Å². The van der Waals surface area contributed by atoms with Gasteiger partial charge in [-0.2, -0.15) is 0 Å². The van der Waals surface area contributed by atoms with Gasteiger partial charge in [0.05, 0.1) is 27.7 Å². The summed E-state index contributed by atoms with van der Waals surface area (Å²) in [6.45, 7) is 1.82. The Balaban J connectivity index is 3.51. The zero-order valence-corrected chi connectivity index (χ0v) is 40.0. The van der Waals surface area contributed by atoms with Gasteiger partial charge < -0.3 is 28.3 Å². The van der Waals surface area contributed by atoms with Gasteiger partial charge in [-0.1, -0.05) is 187 Å². The molecule has 0 aromatic carbocycles. The molecular formula is C52H88NO7P. The number of likely N-dealkylation sites (N-methyl/N-ethyl adjacent to an activating group) is 1. The molecule has 0 rings (SSSR count). The third-order valence-electron chi connectivity index (χ3n) is 9.54. The Morgan fingerprint density at radius 3 is 1.25 bits per heavy atom. The standard InChI is InChI=1S/C52H88NO7P/c1-5-6-7-8-9-10-11-12-13-14-15-16-17-18-19-20-21-22-23-24-25-26-27-28-29-30-31-32-33-34-35-36-37-38-39-40-41-42-43-44-45-46-52(55)58-49-51(54)50-60-61(56,57)59-48-47-53(2,3)4/h6-7,9-10,12-13,15-16,18-19,21-22,24-25,27-28,30-31,51,54H,5,8,11,14,17,20,23,26,29,32-50H2,1-4H3/b7-6-,10-9-,13-12-,16-15-,19-18-,22-21-,25-24-,28-27-,31-30-. The molecule has 2 unspecified atom stereocenters. The molecule has 0 saturated carbocycles.